The first-order valence-corrected chi connectivity index (χ1v) is 14.0. The van der Waals surface area contributed by atoms with Crippen molar-refractivity contribution in [1.82, 2.24) is 0 Å². The summed E-state index contributed by atoms with van der Waals surface area (Å²) in [5, 5.41) is 45.3. The molecule has 0 aromatic heterocycles. The Bertz CT molecular complexity index is 1060. The summed E-state index contributed by atoms with van der Waals surface area (Å²) in [5.41, 5.74) is -3.07. The highest BCUT2D eigenvalue weighted by Crippen LogP contribution is 2.83. The van der Waals surface area contributed by atoms with Crippen molar-refractivity contribution >= 4 is 5.97 Å². The highest BCUT2D eigenvalue weighted by atomic mass is 16.6. The van der Waals surface area contributed by atoms with Gasteiger partial charge in [-0.05, 0) is 54.9 Å². The SMILES string of the molecule is C=C1[C@@H](O)[C@H](O)C[C@@]2(C)[C@H]1[C@H](O)[C@H](O)[C@]1(C)[C@@H]2[C@@H]2O[C@@H]2[C@]23OC(=O)[C@@]4(CC[C@@H](C)[C@H](C)[C@H]42)CC[C@@]13C. The van der Waals surface area contributed by atoms with Crippen LogP contribution in [0.25, 0.3) is 0 Å². The van der Waals surface area contributed by atoms with Gasteiger partial charge in [0.1, 0.15) is 12.2 Å². The van der Waals surface area contributed by atoms with Crippen molar-refractivity contribution in [2.45, 2.75) is 109 Å². The van der Waals surface area contributed by atoms with E-state index < -0.39 is 57.6 Å². The minimum atomic E-state index is -1.15. The monoisotopic (exact) mass is 502 g/mol. The molecule has 0 radical (unpaired) electrons. The number of carbonyl (C=O) groups excluding carboxylic acids is 1. The van der Waals surface area contributed by atoms with E-state index in [0.717, 1.165) is 19.3 Å². The maximum atomic E-state index is 13.8. The Morgan fingerprint density at radius 3 is 2.39 bits per heavy atom. The fourth-order valence-electron chi connectivity index (χ4n) is 11.8. The molecule has 1 spiro atoms. The third-order valence-corrected chi connectivity index (χ3v) is 13.7. The number of aliphatic hydroxyl groups excluding tert-OH is 4. The number of aliphatic hydroxyl groups is 4. The van der Waals surface area contributed by atoms with E-state index in [0.29, 0.717) is 17.9 Å². The number of carbonyl (C=O) groups is 1. The fourth-order valence-corrected chi connectivity index (χ4v) is 11.8. The van der Waals surface area contributed by atoms with Gasteiger partial charge in [-0.15, -0.1) is 0 Å². The molecule has 2 heterocycles. The van der Waals surface area contributed by atoms with Gasteiger partial charge in [0.05, 0.1) is 29.8 Å². The number of fused-ring (bicyclic) bond motifs is 6. The molecule has 5 saturated carbocycles. The topological polar surface area (TPSA) is 120 Å². The number of rotatable bonds is 0. The zero-order valence-electron chi connectivity index (χ0n) is 22.1. The van der Waals surface area contributed by atoms with Gasteiger partial charge in [-0.25, -0.2) is 0 Å². The second-order valence-electron chi connectivity index (χ2n) is 14.5. The van der Waals surface area contributed by atoms with Crippen LogP contribution in [0.5, 0.6) is 0 Å². The molecule has 16 atom stereocenters. The molecule has 7 rings (SSSR count). The Morgan fingerprint density at radius 1 is 1.00 bits per heavy atom. The second kappa shape index (κ2) is 6.59. The summed E-state index contributed by atoms with van der Waals surface area (Å²) in [4.78, 5) is 13.8. The lowest BCUT2D eigenvalue weighted by atomic mass is 9.30. The van der Waals surface area contributed by atoms with Gasteiger partial charge in [0.15, 0.2) is 5.60 Å². The molecule has 0 aromatic rings. The van der Waals surface area contributed by atoms with E-state index in [1.54, 1.807) is 0 Å². The second-order valence-corrected chi connectivity index (χ2v) is 14.5. The van der Waals surface area contributed by atoms with E-state index in [4.69, 9.17) is 9.47 Å². The summed E-state index contributed by atoms with van der Waals surface area (Å²) in [5.74, 6) is -0.107. The Labute approximate surface area is 213 Å². The largest absolute Gasteiger partial charge is 0.455 e. The lowest BCUT2D eigenvalue weighted by Crippen LogP contribution is -2.80. The molecule has 5 aliphatic carbocycles. The first-order chi connectivity index (χ1) is 16.7. The van der Waals surface area contributed by atoms with E-state index in [-0.39, 0.29) is 42.4 Å². The fraction of sp³-hybridized carbons (Fsp3) is 0.897. The van der Waals surface area contributed by atoms with Crippen LogP contribution in [-0.2, 0) is 14.3 Å². The van der Waals surface area contributed by atoms with Crippen LogP contribution >= 0.6 is 0 Å². The van der Waals surface area contributed by atoms with Gasteiger partial charge in [-0.1, -0.05) is 41.2 Å². The van der Waals surface area contributed by atoms with Crippen molar-refractivity contribution in [3.05, 3.63) is 12.2 Å². The molecule has 2 aliphatic heterocycles. The zero-order valence-corrected chi connectivity index (χ0v) is 22.1. The third kappa shape index (κ3) is 2.13. The van der Waals surface area contributed by atoms with Gasteiger partial charge in [-0.3, -0.25) is 4.79 Å². The maximum Gasteiger partial charge on any atom is 0.313 e. The van der Waals surface area contributed by atoms with Crippen LogP contribution in [-0.4, -0.2) is 68.6 Å². The van der Waals surface area contributed by atoms with Gasteiger partial charge >= 0.3 is 5.97 Å². The minimum Gasteiger partial charge on any atom is -0.455 e. The predicted octanol–water partition coefficient (Wildman–Crippen LogP) is 2.19. The van der Waals surface area contributed by atoms with Crippen LogP contribution in [0.4, 0.5) is 0 Å². The Kier molecular flexibility index (Phi) is 4.41. The van der Waals surface area contributed by atoms with Crippen LogP contribution in [0, 0.1) is 51.2 Å². The summed E-state index contributed by atoms with van der Waals surface area (Å²) in [6.07, 6.45) is -1.32. The van der Waals surface area contributed by atoms with Crippen molar-refractivity contribution in [3.63, 3.8) is 0 Å². The lowest BCUT2D eigenvalue weighted by molar-refractivity contribution is -0.314. The molecule has 2 bridgehead atoms. The van der Waals surface area contributed by atoms with Gasteiger partial charge < -0.3 is 29.9 Å². The number of esters is 1. The molecule has 0 aromatic carbocycles. The quantitative estimate of drug-likeness (QED) is 0.228. The summed E-state index contributed by atoms with van der Waals surface area (Å²) in [6, 6.07) is 0. The van der Waals surface area contributed by atoms with Crippen LogP contribution in [0.15, 0.2) is 12.2 Å². The molecular formula is C29H42O7. The molecule has 4 N–H and O–H groups in total. The number of hydrogen-bond donors (Lipinski definition) is 4. The van der Waals surface area contributed by atoms with Crippen LogP contribution < -0.4 is 0 Å². The van der Waals surface area contributed by atoms with Gasteiger partial charge in [0, 0.05) is 28.6 Å². The third-order valence-electron chi connectivity index (χ3n) is 13.7. The van der Waals surface area contributed by atoms with Gasteiger partial charge in [0.25, 0.3) is 0 Å². The van der Waals surface area contributed by atoms with E-state index in [1.807, 2.05) is 0 Å². The molecule has 7 nitrogen and oxygen atoms in total. The predicted molar refractivity (Wildman–Crippen MR) is 129 cm³/mol. The lowest BCUT2D eigenvalue weighted by Gasteiger charge is -2.73. The van der Waals surface area contributed by atoms with Crippen LogP contribution in [0.1, 0.15) is 66.7 Å². The first-order valence-electron chi connectivity index (χ1n) is 14.0. The minimum absolute atomic E-state index is 0.0105. The van der Waals surface area contributed by atoms with E-state index in [1.165, 1.54) is 0 Å². The molecular weight excluding hydrogens is 460 g/mol. The molecule has 0 amide bonds. The highest BCUT2D eigenvalue weighted by molar-refractivity contribution is 5.82. The maximum absolute atomic E-state index is 13.8. The normalized spacial score (nSPS) is 67.0. The summed E-state index contributed by atoms with van der Waals surface area (Å²) in [6.45, 7) is 14.9. The highest BCUT2D eigenvalue weighted by Gasteiger charge is 2.91. The molecule has 7 heteroatoms. The Hall–Kier alpha value is -0.990. The number of ether oxygens (including phenoxy) is 2. The molecule has 36 heavy (non-hydrogen) atoms. The van der Waals surface area contributed by atoms with E-state index in [9.17, 15) is 25.2 Å². The van der Waals surface area contributed by atoms with Crippen LogP contribution in [0.3, 0.4) is 0 Å². The molecule has 7 fully saturated rings. The molecule has 0 unspecified atom stereocenters. The molecule has 200 valence electrons. The van der Waals surface area contributed by atoms with Gasteiger partial charge in [0.2, 0.25) is 0 Å². The zero-order chi connectivity index (χ0) is 26.0. The smallest absolute Gasteiger partial charge is 0.313 e. The van der Waals surface area contributed by atoms with Crippen molar-refractivity contribution < 1.29 is 34.7 Å². The first kappa shape index (κ1) is 24.1. The average Bonchev–Trinajstić information content (AvgIpc) is 3.56. The van der Waals surface area contributed by atoms with Gasteiger partial charge in [-0.2, -0.15) is 0 Å². The molecule has 7 aliphatic rings. The van der Waals surface area contributed by atoms with Crippen LogP contribution in [0.2, 0.25) is 0 Å². The van der Waals surface area contributed by atoms with Crippen molar-refractivity contribution in [2.75, 3.05) is 0 Å². The summed E-state index contributed by atoms with van der Waals surface area (Å²) in [7, 11) is 0. The summed E-state index contributed by atoms with van der Waals surface area (Å²) >= 11 is 0. The Balaban J connectivity index is 1.44. The van der Waals surface area contributed by atoms with Crippen molar-refractivity contribution in [3.8, 4) is 0 Å². The molecule has 2 saturated heterocycles. The van der Waals surface area contributed by atoms with Crippen molar-refractivity contribution in [2.24, 2.45) is 51.2 Å². The average molecular weight is 503 g/mol. The van der Waals surface area contributed by atoms with E-state index in [2.05, 4.69) is 41.2 Å². The number of epoxide rings is 1. The Morgan fingerprint density at radius 2 is 1.69 bits per heavy atom. The standard InChI is InChI=1S/C29H42O7/c1-12-7-8-28-10-9-26(5)27(6)21(19-23(35-19)29(26,36-24(28)34)20(28)13(12)2)25(4)11-15(30)17(31)14(3)16(25)18(32)22(27)33/h12-13,15-23,30-33H,3,7-11H2,1-2,4-6H3/t12-,13+,15-,16-,17-,18+,19+,20-,21-,22+,23+,25+,26+,27+,28+,29-/m1/s1. The summed E-state index contributed by atoms with van der Waals surface area (Å²) < 4.78 is 13.2. The van der Waals surface area contributed by atoms with Crippen molar-refractivity contribution in [1.29, 1.82) is 0 Å². The number of hydrogen-bond acceptors (Lipinski definition) is 7. The van der Waals surface area contributed by atoms with E-state index >= 15 is 0 Å².